The summed E-state index contributed by atoms with van der Waals surface area (Å²) in [5.41, 5.74) is 36.3. The molecule has 0 spiro atoms. The van der Waals surface area contributed by atoms with Crippen molar-refractivity contribution in [1.29, 1.82) is 0 Å². The zero-order valence-electron chi connectivity index (χ0n) is 70.4. The number of piperidine rings is 5. The highest BCUT2D eigenvalue weighted by molar-refractivity contribution is 5.70. The van der Waals surface area contributed by atoms with Crippen LogP contribution in [0.3, 0.4) is 0 Å². The Kier molecular flexibility index (Phi) is 30.7. The summed E-state index contributed by atoms with van der Waals surface area (Å²) >= 11 is 0. The third-order valence-electron chi connectivity index (χ3n) is 19.7. The van der Waals surface area contributed by atoms with Crippen LogP contribution < -0.4 is 28.7 Å². The van der Waals surface area contributed by atoms with E-state index in [1.807, 2.05) is 169 Å². The second-order valence-electron chi connectivity index (χ2n) is 35.7. The summed E-state index contributed by atoms with van der Waals surface area (Å²) in [4.78, 5) is 69.8. The predicted octanol–water partition coefficient (Wildman–Crippen LogP) is 13.6. The number of likely N-dealkylation sites (tertiary alicyclic amines) is 5. The molecule has 5 aliphatic heterocycles. The fourth-order valence-electron chi connectivity index (χ4n) is 14.6. The van der Waals surface area contributed by atoms with Gasteiger partial charge in [-0.05, 0) is 258 Å². The van der Waals surface area contributed by atoms with Gasteiger partial charge in [0.05, 0.1) is 28.5 Å². The van der Waals surface area contributed by atoms with Gasteiger partial charge in [-0.2, -0.15) is 25.5 Å². The van der Waals surface area contributed by atoms with E-state index in [2.05, 4.69) is 85.6 Å². The fraction of sp³-hybridized carbons (Fsp3) is 0.688. The molecule has 110 heavy (non-hydrogen) atoms. The third kappa shape index (κ3) is 27.3. The molecular formula is C80H130N20O10. The van der Waals surface area contributed by atoms with Crippen LogP contribution in [0.15, 0.2) is 30.3 Å². The SMILES string of the molecule is Cc1cc(N)nnc1C1CCN(C(=O)OC(C)(C)C)CC1C.Cc1cc(N)nnc1[C@@H]1CCN(C(=O)OC(C)(C)C)C[C@@H]1C.Cc1cc(N)nnc1[C@@H]1CCN(C(=O)OC(C)(C)C)C[C@H]1C.Cc1cc(N)nnc1[C@H]1CCN(C(=O)OC(C)(C)C)C[C@@H]1C.Cc1cc(N)nnc1[C@H]1CCN(C(=O)OC(C)(C)C)C[C@H]1C. The van der Waals surface area contributed by atoms with E-state index in [4.69, 9.17) is 52.4 Å². The zero-order chi connectivity index (χ0) is 82.5. The molecule has 5 saturated heterocycles. The number of nitrogens with two attached hydrogens (primary N) is 5. The van der Waals surface area contributed by atoms with Crippen LogP contribution in [-0.2, 0) is 23.7 Å². The Morgan fingerprint density at radius 2 is 0.418 bits per heavy atom. The third-order valence-corrected chi connectivity index (χ3v) is 19.7. The summed E-state index contributed by atoms with van der Waals surface area (Å²) in [6.45, 7) is 55.7. The Labute approximate surface area is 652 Å². The molecule has 5 amide bonds. The Morgan fingerprint density at radius 3 is 0.527 bits per heavy atom. The van der Waals surface area contributed by atoms with Gasteiger partial charge in [0.2, 0.25) is 0 Å². The van der Waals surface area contributed by atoms with Crippen molar-refractivity contribution in [3.8, 4) is 0 Å². The molecule has 10 heterocycles. The Hall–Kier alpha value is -9.25. The van der Waals surface area contributed by atoms with Gasteiger partial charge in [0, 0.05) is 95.0 Å². The molecule has 5 aliphatic rings. The lowest BCUT2D eigenvalue weighted by Crippen LogP contribution is -2.44. The number of nitrogen functional groups attached to an aromatic ring is 5. The first kappa shape index (κ1) is 89.6. The molecule has 5 aromatic rings. The quantitative estimate of drug-likeness (QED) is 0.102. The van der Waals surface area contributed by atoms with Crippen LogP contribution in [0.25, 0.3) is 0 Å². The van der Waals surface area contributed by atoms with Crippen molar-refractivity contribution in [2.24, 2.45) is 29.6 Å². The van der Waals surface area contributed by atoms with Gasteiger partial charge in [-0.1, -0.05) is 34.6 Å². The number of rotatable bonds is 5. The lowest BCUT2D eigenvalue weighted by molar-refractivity contribution is 0.0144. The molecule has 30 heteroatoms. The van der Waals surface area contributed by atoms with Crippen LogP contribution >= 0.6 is 0 Å². The van der Waals surface area contributed by atoms with E-state index in [0.717, 1.165) is 88.4 Å². The van der Waals surface area contributed by atoms with Gasteiger partial charge in [0.25, 0.3) is 0 Å². The molecular weight excluding hydrogens is 1400 g/mol. The molecule has 10 rings (SSSR count). The summed E-state index contributed by atoms with van der Waals surface area (Å²) in [7, 11) is 0. The number of anilines is 5. The largest absolute Gasteiger partial charge is 0.444 e. The number of nitrogens with zero attached hydrogens (tertiary/aromatic N) is 15. The van der Waals surface area contributed by atoms with Crippen molar-refractivity contribution in [2.75, 3.05) is 94.1 Å². The van der Waals surface area contributed by atoms with Crippen LogP contribution in [-0.4, -0.2) is 199 Å². The van der Waals surface area contributed by atoms with Gasteiger partial charge in [-0.25, -0.2) is 24.0 Å². The van der Waals surface area contributed by atoms with E-state index in [1.165, 1.54) is 0 Å². The minimum Gasteiger partial charge on any atom is -0.444 e. The smallest absolute Gasteiger partial charge is 0.410 e. The first-order valence-corrected chi connectivity index (χ1v) is 38.7. The van der Waals surface area contributed by atoms with Crippen molar-refractivity contribution >= 4 is 59.6 Å². The Morgan fingerprint density at radius 1 is 0.282 bits per heavy atom. The van der Waals surface area contributed by atoms with Crippen molar-refractivity contribution in [1.82, 2.24) is 75.5 Å². The summed E-state index contributed by atoms with van der Waals surface area (Å²) in [6.07, 6.45) is 3.11. The van der Waals surface area contributed by atoms with Gasteiger partial charge < -0.3 is 76.9 Å². The van der Waals surface area contributed by atoms with Crippen LogP contribution in [0.4, 0.5) is 53.1 Å². The molecule has 10 N–H and O–H groups in total. The van der Waals surface area contributed by atoms with E-state index in [9.17, 15) is 24.0 Å². The molecule has 5 fully saturated rings. The number of hydrogen-bond donors (Lipinski definition) is 5. The van der Waals surface area contributed by atoms with Crippen molar-refractivity contribution < 1.29 is 47.7 Å². The standard InChI is InChI=1S/5C16H26N4O2/c5*1-10-8-13(17)18-19-14(10)12-6-7-20(9-11(12)2)15(21)22-16(3,4)5/h5*8,11-12H,6-7,9H2,1-5H3,(H2,17,18)/t2*11-,12+;2*11-,12-;/m1010./s1. The van der Waals surface area contributed by atoms with Gasteiger partial charge >= 0.3 is 30.5 Å². The van der Waals surface area contributed by atoms with E-state index < -0.39 is 28.0 Å². The van der Waals surface area contributed by atoms with Crippen LogP contribution in [0, 0.1) is 64.2 Å². The molecule has 2 unspecified atom stereocenters. The van der Waals surface area contributed by atoms with E-state index >= 15 is 0 Å². The van der Waals surface area contributed by atoms with Crippen molar-refractivity contribution in [3.05, 3.63) is 86.6 Å². The number of ether oxygens (including phenoxy) is 5. The van der Waals surface area contributed by atoms with Gasteiger partial charge in [0.15, 0.2) is 0 Å². The van der Waals surface area contributed by atoms with E-state index in [1.54, 1.807) is 24.5 Å². The molecule has 0 bridgehead atoms. The highest BCUT2D eigenvalue weighted by atomic mass is 16.6. The lowest BCUT2D eigenvalue weighted by Gasteiger charge is -2.37. The van der Waals surface area contributed by atoms with Crippen LogP contribution in [0.1, 0.15) is 256 Å². The number of aromatic nitrogens is 10. The molecule has 0 saturated carbocycles. The average Bonchev–Trinajstić information content (AvgIpc) is 0.831. The molecule has 10 atom stereocenters. The van der Waals surface area contributed by atoms with E-state index in [0.29, 0.717) is 154 Å². The summed E-state index contributed by atoms with van der Waals surface area (Å²) in [6, 6.07) is 9.28. The number of carbonyl (C=O) groups excluding carboxylic acids is 5. The molecule has 610 valence electrons. The first-order chi connectivity index (χ1) is 50.9. The number of amides is 5. The van der Waals surface area contributed by atoms with Crippen LogP contribution in [0.2, 0.25) is 0 Å². The number of hydrogen-bond acceptors (Lipinski definition) is 25. The Balaban J connectivity index is 0.000000215. The minimum absolute atomic E-state index is 0.238. The molecule has 0 aliphatic carbocycles. The minimum atomic E-state index is -0.462. The predicted molar refractivity (Wildman–Crippen MR) is 428 cm³/mol. The number of aryl methyl sites for hydroxylation is 5. The number of carbonyl (C=O) groups is 5. The maximum absolute atomic E-state index is 12.2. The van der Waals surface area contributed by atoms with Crippen molar-refractivity contribution in [3.63, 3.8) is 0 Å². The average molecular weight is 1530 g/mol. The molecule has 30 nitrogen and oxygen atoms in total. The highest BCUT2D eigenvalue weighted by Crippen LogP contribution is 2.39. The second-order valence-corrected chi connectivity index (χ2v) is 35.7. The maximum Gasteiger partial charge on any atom is 0.410 e. The first-order valence-electron chi connectivity index (χ1n) is 38.7. The normalized spacial score (nSPS) is 22.5. The summed E-state index contributed by atoms with van der Waals surface area (Å²) < 4.78 is 27.2. The van der Waals surface area contributed by atoms with E-state index in [-0.39, 0.29) is 30.5 Å². The Bertz CT molecular complexity index is 3350. The molecule has 0 aromatic carbocycles. The fourth-order valence-corrected chi connectivity index (χ4v) is 14.6. The summed E-state index contributed by atoms with van der Waals surface area (Å²) in [5.74, 6) is 5.23. The second kappa shape index (κ2) is 37.6. The van der Waals surface area contributed by atoms with Gasteiger partial charge in [-0.3, -0.25) is 0 Å². The molecule has 0 radical (unpaired) electrons. The topological polar surface area (TPSA) is 407 Å². The maximum atomic E-state index is 12.2. The monoisotopic (exact) mass is 1530 g/mol. The highest BCUT2D eigenvalue weighted by Gasteiger charge is 2.40. The zero-order valence-corrected chi connectivity index (χ0v) is 70.4. The van der Waals surface area contributed by atoms with Crippen LogP contribution in [0.5, 0.6) is 0 Å². The van der Waals surface area contributed by atoms with Gasteiger partial charge in [0.1, 0.15) is 57.1 Å². The molecule has 5 aromatic heterocycles. The summed E-state index contributed by atoms with van der Waals surface area (Å²) in [5, 5.41) is 41.2. The van der Waals surface area contributed by atoms with Gasteiger partial charge in [-0.15, -0.1) is 25.5 Å². The van der Waals surface area contributed by atoms with Crippen molar-refractivity contribution in [2.45, 2.75) is 263 Å². The lowest BCUT2D eigenvalue weighted by atomic mass is 9.83.